The molecule has 10 nitrogen and oxygen atoms in total. The number of nitrogen functional groups attached to an aromatic ring is 1. The van der Waals surface area contributed by atoms with Crippen molar-refractivity contribution in [1.82, 2.24) is 19.5 Å². The third-order valence-corrected chi connectivity index (χ3v) is 3.15. The van der Waals surface area contributed by atoms with Crippen molar-refractivity contribution < 1.29 is 20.2 Å². The Morgan fingerprint density at radius 1 is 1.30 bits per heavy atom. The van der Waals surface area contributed by atoms with E-state index >= 15 is 0 Å². The Kier molecular flexibility index (Phi) is 2.97. The molecule has 2 aromatic rings. The van der Waals surface area contributed by atoms with Gasteiger partial charge in [0.25, 0.3) is 0 Å². The molecule has 0 aromatic carbocycles. The molecule has 4 unspecified atom stereocenters. The number of hydrogen-bond acceptors (Lipinski definition) is 9. The van der Waals surface area contributed by atoms with E-state index in [1.807, 2.05) is 0 Å². The molecule has 0 spiro atoms. The van der Waals surface area contributed by atoms with Crippen LogP contribution in [-0.4, -0.2) is 59.5 Å². The van der Waals surface area contributed by atoms with Gasteiger partial charge in [0, 0.05) is 0 Å². The number of hydrogen-bond donors (Lipinski definition) is 4. The number of ether oxygens (including phenoxy) is 1. The van der Waals surface area contributed by atoms with Crippen LogP contribution in [0.15, 0.2) is 17.8 Å². The number of fused-ring (bicyclic) bond motifs is 1. The fraction of sp³-hybridized carbons (Fsp3) is 0.400. The summed E-state index contributed by atoms with van der Waals surface area (Å²) in [4.78, 5) is 11.9. The van der Waals surface area contributed by atoms with E-state index in [1.54, 1.807) is 0 Å². The van der Waals surface area contributed by atoms with Crippen LogP contribution in [0.5, 0.6) is 0 Å². The lowest BCUT2D eigenvalue weighted by atomic mass is 10.1. The maximum atomic E-state index is 10.0. The normalized spacial score (nSPS) is 30.5. The second-order valence-electron chi connectivity index (χ2n) is 4.32. The molecule has 0 aliphatic carbocycles. The molecule has 5 N–H and O–H groups in total. The smallest absolute Gasteiger partial charge is 0.167 e. The van der Waals surface area contributed by atoms with Crippen LogP contribution >= 0.6 is 0 Å². The van der Waals surface area contributed by atoms with Gasteiger partial charge in [-0.05, 0) is 0 Å². The van der Waals surface area contributed by atoms with Gasteiger partial charge < -0.3 is 25.9 Å². The first kappa shape index (κ1) is 12.7. The lowest BCUT2D eigenvalue weighted by molar-refractivity contribution is -0.0214. The molecule has 1 saturated heterocycles. The molecule has 1 aliphatic rings. The second kappa shape index (κ2) is 4.67. The maximum absolute atomic E-state index is 10.0. The van der Waals surface area contributed by atoms with Gasteiger partial charge in [0.15, 0.2) is 17.7 Å². The minimum absolute atomic E-state index is 0.204. The number of aliphatic hydroxyl groups excluding tert-OH is 2. The van der Waals surface area contributed by atoms with Gasteiger partial charge in [-0.2, -0.15) is 0 Å². The Bertz CT molecular complexity index is 658. The van der Waals surface area contributed by atoms with Crippen LogP contribution in [0.3, 0.4) is 0 Å². The van der Waals surface area contributed by atoms with Crippen molar-refractivity contribution in [1.29, 1.82) is 0 Å². The molecule has 1 fully saturated rings. The minimum atomic E-state index is -1.23. The number of nitrogens with zero attached hydrogens (tertiary/aromatic N) is 5. The topological polar surface area (TPSA) is 152 Å². The Labute approximate surface area is 112 Å². The van der Waals surface area contributed by atoms with Crippen molar-refractivity contribution >= 4 is 23.2 Å². The summed E-state index contributed by atoms with van der Waals surface area (Å²) in [5.41, 5.74) is 6.41. The fourth-order valence-corrected chi connectivity index (χ4v) is 2.16. The Hall–Kier alpha value is -2.30. The van der Waals surface area contributed by atoms with Crippen LogP contribution in [-0.2, 0) is 4.74 Å². The number of anilines is 1. The van der Waals surface area contributed by atoms with Crippen molar-refractivity contribution in [3.63, 3.8) is 0 Å². The number of nitrogens with two attached hydrogens (primary N) is 1. The Morgan fingerprint density at radius 3 is 2.85 bits per heavy atom. The third-order valence-electron chi connectivity index (χ3n) is 3.15. The van der Waals surface area contributed by atoms with Crippen LogP contribution in [0.4, 0.5) is 5.82 Å². The quantitative estimate of drug-likeness (QED) is 0.294. The van der Waals surface area contributed by atoms with Crippen LogP contribution in [0, 0.1) is 0 Å². The van der Waals surface area contributed by atoms with E-state index in [1.165, 1.54) is 17.2 Å². The van der Waals surface area contributed by atoms with E-state index in [0.29, 0.717) is 11.2 Å². The summed E-state index contributed by atoms with van der Waals surface area (Å²) in [6.45, 7) is 0. The lowest BCUT2D eigenvalue weighted by Gasteiger charge is -2.16. The predicted octanol–water partition coefficient (Wildman–Crippen LogP) is -1.51. The highest BCUT2D eigenvalue weighted by molar-refractivity contribution is 5.81. The maximum Gasteiger partial charge on any atom is 0.167 e. The highest BCUT2D eigenvalue weighted by atomic mass is 16.6. The highest BCUT2D eigenvalue weighted by Crippen LogP contribution is 2.31. The number of rotatable bonds is 2. The standard InChI is InChI=1S/C10H12N6O4/c11-8-5-9(13-2-12-8)16(3-14-5)10-7(18)6(17)4(20-10)1-15-19/h1-4,6-7,10,17-19H,(H2,11,12,13)/b15-1+. The zero-order chi connectivity index (χ0) is 14.3. The molecule has 10 heteroatoms. The van der Waals surface area contributed by atoms with Gasteiger partial charge in [0.2, 0.25) is 0 Å². The second-order valence-corrected chi connectivity index (χ2v) is 4.32. The van der Waals surface area contributed by atoms with E-state index < -0.39 is 24.5 Å². The van der Waals surface area contributed by atoms with Gasteiger partial charge in [-0.15, -0.1) is 0 Å². The third kappa shape index (κ3) is 1.78. The fourth-order valence-electron chi connectivity index (χ4n) is 2.16. The molecule has 0 bridgehead atoms. The Balaban J connectivity index is 2.02. The number of imidazole rings is 1. The zero-order valence-electron chi connectivity index (χ0n) is 10.1. The van der Waals surface area contributed by atoms with Crippen molar-refractivity contribution in [2.24, 2.45) is 5.16 Å². The number of oxime groups is 1. The van der Waals surface area contributed by atoms with Crippen LogP contribution in [0.1, 0.15) is 6.23 Å². The molecule has 0 radical (unpaired) electrons. The van der Waals surface area contributed by atoms with Crippen LogP contribution in [0.2, 0.25) is 0 Å². The van der Waals surface area contributed by atoms with Gasteiger partial charge in [0.1, 0.15) is 30.2 Å². The van der Waals surface area contributed by atoms with E-state index in [0.717, 1.165) is 6.21 Å². The zero-order valence-corrected chi connectivity index (χ0v) is 10.1. The van der Waals surface area contributed by atoms with Gasteiger partial charge in [-0.25, -0.2) is 15.0 Å². The highest BCUT2D eigenvalue weighted by Gasteiger charge is 2.43. The first-order valence-electron chi connectivity index (χ1n) is 5.75. The van der Waals surface area contributed by atoms with Gasteiger partial charge in [-0.1, -0.05) is 5.16 Å². The summed E-state index contributed by atoms with van der Waals surface area (Å²) >= 11 is 0. The summed E-state index contributed by atoms with van der Waals surface area (Å²) < 4.78 is 6.87. The monoisotopic (exact) mass is 280 g/mol. The molecular weight excluding hydrogens is 268 g/mol. The van der Waals surface area contributed by atoms with Crippen LogP contribution < -0.4 is 5.73 Å². The molecule has 2 aromatic heterocycles. The molecule has 0 saturated carbocycles. The number of aromatic nitrogens is 4. The molecule has 0 amide bonds. The molecule has 20 heavy (non-hydrogen) atoms. The minimum Gasteiger partial charge on any atom is -0.411 e. The molecule has 4 atom stereocenters. The lowest BCUT2D eigenvalue weighted by Crippen LogP contribution is -2.32. The van der Waals surface area contributed by atoms with E-state index in [-0.39, 0.29) is 5.82 Å². The predicted molar refractivity (Wildman–Crippen MR) is 65.9 cm³/mol. The summed E-state index contributed by atoms with van der Waals surface area (Å²) in [6, 6.07) is 0. The summed E-state index contributed by atoms with van der Waals surface area (Å²) in [6.07, 6.45) is -0.672. The summed E-state index contributed by atoms with van der Waals surface area (Å²) in [5.74, 6) is 0.204. The average Bonchev–Trinajstić information content (AvgIpc) is 2.97. The molecule has 3 rings (SSSR count). The van der Waals surface area contributed by atoms with E-state index in [2.05, 4.69) is 20.1 Å². The molecule has 3 heterocycles. The SMILES string of the molecule is Nc1ncnc2c1ncn2C1OC(/C=N/O)C(O)C1O. The molecule has 106 valence electrons. The Morgan fingerprint density at radius 2 is 2.10 bits per heavy atom. The van der Waals surface area contributed by atoms with Crippen molar-refractivity contribution in [3.8, 4) is 0 Å². The van der Waals surface area contributed by atoms with Crippen molar-refractivity contribution in [2.45, 2.75) is 24.5 Å². The summed E-state index contributed by atoms with van der Waals surface area (Å²) in [7, 11) is 0. The van der Waals surface area contributed by atoms with E-state index in [9.17, 15) is 10.2 Å². The molecule has 1 aliphatic heterocycles. The van der Waals surface area contributed by atoms with Crippen LogP contribution in [0.25, 0.3) is 11.2 Å². The average molecular weight is 280 g/mol. The van der Waals surface area contributed by atoms with Gasteiger partial charge in [-0.3, -0.25) is 4.57 Å². The molecular formula is C10H12N6O4. The van der Waals surface area contributed by atoms with Crippen molar-refractivity contribution in [3.05, 3.63) is 12.7 Å². The largest absolute Gasteiger partial charge is 0.411 e. The number of aliphatic hydroxyl groups is 2. The van der Waals surface area contributed by atoms with Gasteiger partial charge >= 0.3 is 0 Å². The first-order chi connectivity index (χ1) is 9.63. The summed E-state index contributed by atoms with van der Waals surface area (Å²) in [5, 5.41) is 31.1. The van der Waals surface area contributed by atoms with Gasteiger partial charge in [0.05, 0.1) is 12.5 Å². The van der Waals surface area contributed by atoms with E-state index in [4.69, 9.17) is 15.7 Å². The first-order valence-corrected chi connectivity index (χ1v) is 5.75. The van der Waals surface area contributed by atoms with Crippen molar-refractivity contribution in [2.75, 3.05) is 5.73 Å².